The number of carbonyl (C=O) groups is 1. The zero-order valence-electron chi connectivity index (χ0n) is 14.5. The molecule has 1 atom stereocenters. The van der Waals surface area contributed by atoms with Crippen molar-refractivity contribution < 1.29 is 19.7 Å². The lowest BCUT2D eigenvalue weighted by Gasteiger charge is -2.25. The number of ether oxygens (including phenoxy) is 1. The molecule has 22 heavy (non-hydrogen) atoms. The molecule has 1 amide bonds. The fraction of sp³-hybridized carbons (Fsp3) is 0.933. The second-order valence-electron chi connectivity index (χ2n) is 6.49. The molecule has 0 saturated carbocycles. The van der Waals surface area contributed by atoms with Crippen molar-refractivity contribution in [2.24, 2.45) is 0 Å². The van der Waals surface area contributed by atoms with Crippen LogP contribution in [-0.4, -0.2) is 76.7 Å². The van der Waals surface area contributed by atoms with E-state index >= 15 is 0 Å². The van der Waals surface area contributed by atoms with Gasteiger partial charge in [-0.1, -0.05) is 13.8 Å². The maximum absolute atomic E-state index is 11.6. The number of amides is 1. The van der Waals surface area contributed by atoms with E-state index < -0.39 is 17.8 Å². The van der Waals surface area contributed by atoms with Crippen LogP contribution in [0.15, 0.2) is 0 Å². The van der Waals surface area contributed by atoms with Crippen molar-refractivity contribution in [3.05, 3.63) is 0 Å². The van der Waals surface area contributed by atoms with Crippen molar-refractivity contribution in [1.82, 2.24) is 10.2 Å². The van der Waals surface area contributed by atoms with Crippen LogP contribution in [0.5, 0.6) is 0 Å². The van der Waals surface area contributed by atoms with Crippen LogP contribution in [0.25, 0.3) is 0 Å². The number of alkyl carbamates (subject to hydrolysis) is 1. The summed E-state index contributed by atoms with van der Waals surface area (Å²) in [6, 6.07) is 0. The van der Waals surface area contributed by atoms with Crippen LogP contribution >= 0.6 is 11.8 Å². The summed E-state index contributed by atoms with van der Waals surface area (Å²) in [4.78, 5) is 13.6. The predicted molar refractivity (Wildman–Crippen MR) is 91.4 cm³/mol. The number of nitrogens with zero attached hydrogens (tertiary/aromatic N) is 1. The summed E-state index contributed by atoms with van der Waals surface area (Å²) >= 11 is 1.84. The number of carbonyl (C=O) groups excluding carboxylic acids is 1. The minimum atomic E-state index is -0.759. The highest BCUT2D eigenvalue weighted by Crippen LogP contribution is 2.09. The summed E-state index contributed by atoms with van der Waals surface area (Å²) in [5.74, 6) is 0.947. The zero-order chi connectivity index (χ0) is 17.2. The Morgan fingerprint density at radius 3 is 2.45 bits per heavy atom. The Bertz CT molecular complexity index is 308. The number of aliphatic hydroxyl groups is 2. The second kappa shape index (κ2) is 11.1. The molecule has 3 N–H and O–H groups in total. The summed E-state index contributed by atoms with van der Waals surface area (Å²) < 4.78 is 5.17. The maximum atomic E-state index is 11.6. The Kier molecular flexibility index (Phi) is 10.8. The highest BCUT2D eigenvalue weighted by atomic mass is 32.2. The fourth-order valence-corrected chi connectivity index (χ4v) is 2.53. The van der Waals surface area contributed by atoms with E-state index in [-0.39, 0.29) is 6.61 Å². The van der Waals surface area contributed by atoms with Crippen LogP contribution in [0.2, 0.25) is 0 Å². The van der Waals surface area contributed by atoms with Gasteiger partial charge in [-0.05, 0) is 26.0 Å². The number of nitrogens with one attached hydrogen (secondary N) is 1. The molecule has 0 heterocycles. The van der Waals surface area contributed by atoms with Gasteiger partial charge in [0.05, 0.1) is 12.7 Å². The van der Waals surface area contributed by atoms with Gasteiger partial charge in [0.1, 0.15) is 5.60 Å². The number of aliphatic hydroxyl groups excluding tert-OH is 2. The monoisotopic (exact) mass is 336 g/mol. The minimum absolute atomic E-state index is 0.257. The van der Waals surface area contributed by atoms with Crippen LogP contribution in [0.1, 0.15) is 34.6 Å². The lowest BCUT2D eigenvalue weighted by Crippen LogP contribution is -2.42. The molecule has 0 spiro atoms. The maximum Gasteiger partial charge on any atom is 0.407 e. The van der Waals surface area contributed by atoms with E-state index in [9.17, 15) is 9.90 Å². The molecule has 0 saturated heterocycles. The van der Waals surface area contributed by atoms with Crippen LogP contribution in [0, 0.1) is 0 Å². The molecular formula is C15H32N2O4S. The van der Waals surface area contributed by atoms with Gasteiger partial charge in [0.25, 0.3) is 0 Å². The SMILES string of the molecule is CC(C)SCCN(CCNC(=O)OC(C)(C)C)C[C@@H](O)CO. The van der Waals surface area contributed by atoms with Gasteiger partial charge in [0.2, 0.25) is 0 Å². The molecule has 0 rings (SSSR count). The molecule has 0 bridgehead atoms. The van der Waals surface area contributed by atoms with Crippen LogP contribution < -0.4 is 5.32 Å². The topological polar surface area (TPSA) is 82.0 Å². The van der Waals surface area contributed by atoms with Gasteiger partial charge in [-0.15, -0.1) is 0 Å². The first-order chi connectivity index (χ1) is 10.1. The third-order valence-electron chi connectivity index (χ3n) is 2.63. The minimum Gasteiger partial charge on any atom is -0.444 e. The molecule has 0 aromatic heterocycles. The molecule has 0 aliphatic carbocycles. The molecule has 0 fully saturated rings. The average molecular weight is 336 g/mol. The average Bonchev–Trinajstić information content (AvgIpc) is 2.35. The van der Waals surface area contributed by atoms with Crippen molar-refractivity contribution in [1.29, 1.82) is 0 Å². The van der Waals surface area contributed by atoms with E-state index in [1.807, 2.05) is 37.4 Å². The molecule has 0 aromatic rings. The van der Waals surface area contributed by atoms with Crippen molar-refractivity contribution in [3.63, 3.8) is 0 Å². The first-order valence-electron chi connectivity index (χ1n) is 7.73. The summed E-state index contributed by atoms with van der Waals surface area (Å²) in [7, 11) is 0. The van der Waals surface area contributed by atoms with Gasteiger partial charge in [0.15, 0.2) is 0 Å². The summed E-state index contributed by atoms with van der Waals surface area (Å²) in [5, 5.41) is 21.8. The first kappa shape index (κ1) is 21.5. The molecular weight excluding hydrogens is 304 g/mol. The van der Waals surface area contributed by atoms with Gasteiger partial charge in [-0.3, -0.25) is 4.90 Å². The highest BCUT2D eigenvalue weighted by molar-refractivity contribution is 7.99. The van der Waals surface area contributed by atoms with Gasteiger partial charge in [0, 0.05) is 31.9 Å². The fourth-order valence-electron chi connectivity index (χ4n) is 1.70. The number of thioether (sulfide) groups is 1. The lowest BCUT2D eigenvalue weighted by molar-refractivity contribution is 0.0494. The smallest absolute Gasteiger partial charge is 0.407 e. The highest BCUT2D eigenvalue weighted by Gasteiger charge is 2.16. The van der Waals surface area contributed by atoms with Crippen LogP contribution in [0.3, 0.4) is 0 Å². The van der Waals surface area contributed by atoms with Crippen molar-refractivity contribution in [2.75, 3.05) is 38.5 Å². The van der Waals surface area contributed by atoms with Gasteiger partial charge >= 0.3 is 6.09 Å². The van der Waals surface area contributed by atoms with Crippen molar-refractivity contribution in [2.45, 2.75) is 51.6 Å². The van der Waals surface area contributed by atoms with Crippen molar-refractivity contribution in [3.8, 4) is 0 Å². The quantitative estimate of drug-likeness (QED) is 0.558. The molecule has 0 aromatic carbocycles. The predicted octanol–water partition coefficient (Wildman–Crippen LogP) is 1.31. The lowest BCUT2D eigenvalue weighted by atomic mass is 10.2. The van der Waals surface area contributed by atoms with Gasteiger partial charge in [-0.2, -0.15) is 11.8 Å². The van der Waals surface area contributed by atoms with E-state index in [4.69, 9.17) is 9.84 Å². The summed E-state index contributed by atoms with van der Waals surface area (Å²) in [5.41, 5.74) is -0.509. The standard InChI is InChI=1S/C15H32N2O4S/c1-12(2)22-9-8-17(10-13(19)11-18)7-6-16-14(20)21-15(3,4)5/h12-13,18-19H,6-11H2,1-5H3,(H,16,20)/t13-/m1/s1. The largest absolute Gasteiger partial charge is 0.444 e. The Morgan fingerprint density at radius 2 is 1.95 bits per heavy atom. The first-order valence-corrected chi connectivity index (χ1v) is 8.78. The Labute approximate surface area is 138 Å². The van der Waals surface area contributed by atoms with E-state index in [0.717, 1.165) is 12.3 Å². The number of hydrogen-bond donors (Lipinski definition) is 3. The molecule has 0 unspecified atom stereocenters. The van der Waals surface area contributed by atoms with Crippen LogP contribution in [0.4, 0.5) is 4.79 Å². The number of hydrogen-bond acceptors (Lipinski definition) is 6. The molecule has 0 radical (unpaired) electrons. The normalized spacial score (nSPS) is 13.5. The van der Waals surface area contributed by atoms with E-state index in [0.29, 0.717) is 24.9 Å². The molecule has 0 aliphatic rings. The Balaban J connectivity index is 4.13. The van der Waals surface area contributed by atoms with Crippen molar-refractivity contribution >= 4 is 17.9 Å². The van der Waals surface area contributed by atoms with Crippen LogP contribution in [-0.2, 0) is 4.74 Å². The summed E-state index contributed by atoms with van der Waals surface area (Å²) in [6.07, 6.45) is -1.20. The molecule has 132 valence electrons. The Morgan fingerprint density at radius 1 is 1.32 bits per heavy atom. The molecule has 0 aliphatic heterocycles. The second-order valence-corrected chi connectivity index (χ2v) is 8.17. The zero-order valence-corrected chi connectivity index (χ0v) is 15.3. The van der Waals surface area contributed by atoms with E-state index in [1.165, 1.54) is 0 Å². The van der Waals surface area contributed by atoms with Gasteiger partial charge < -0.3 is 20.3 Å². The van der Waals surface area contributed by atoms with E-state index in [1.54, 1.807) is 0 Å². The van der Waals surface area contributed by atoms with E-state index in [2.05, 4.69) is 19.2 Å². The summed E-state index contributed by atoms with van der Waals surface area (Å²) in [6.45, 7) is 11.7. The molecule has 6 nitrogen and oxygen atoms in total. The van der Waals surface area contributed by atoms with Gasteiger partial charge in [-0.25, -0.2) is 4.79 Å². The third kappa shape index (κ3) is 13.2. The third-order valence-corrected chi connectivity index (χ3v) is 3.72. The Hall–Kier alpha value is -0.500. The molecule has 7 heteroatoms. The number of rotatable bonds is 10.